The van der Waals surface area contributed by atoms with Gasteiger partial charge in [0.05, 0.1) is 4.88 Å². The molecule has 1 rings (SSSR count). The third kappa shape index (κ3) is 7.52. The molecule has 160 valence electrons. The summed E-state index contributed by atoms with van der Waals surface area (Å²) in [4.78, 5) is 1.39. The van der Waals surface area contributed by atoms with E-state index in [2.05, 4.69) is 30.8 Å². The second-order valence-electron chi connectivity index (χ2n) is 4.98. The van der Waals surface area contributed by atoms with Crippen molar-refractivity contribution in [1.82, 2.24) is 0 Å². The lowest BCUT2D eigenvalue weighted by Crippen LogP contribution is -2.40. The lowest BCUT2D eigenvalue weighted by atomic mass is 10.3. The standard InChI is InChI=1S/C9H16NOS.C2F6NO4S2/c1-7(11-4)5-10-6-12-9(3)8(10)2;3-1(4,5)14(10,11)9-15(12,13)2(6,7)8/h6-7H,5H2,1-4H3;/q+1;-1. The number of halogens is 6. The van der Waals surface area contributed by atoms with Crippen LogP contribution in [0.25, 0.3) is 4.13 Å². The number of ether oxygens (including phenoxy) is 1. The van der Waals surface area contributed by atoms with Crippen molar-refractivity contribution in [2.24, 2.45) is 0 Å². The first-order chi connectivity index (χ1) is 11.9. The second-order valence-corrected chi connectivity index (χ2v) is 9.46. The number of thiazole rings is 1. The SMILES string of the molecule is COC(C)C[n+]1csc(C)c1C.O=S(=O)([N-]S(=O)(=O)C(F)(F)F)C(F)(F)F. The molecule has 0 N–H and O–H groups in total. The molecule has 1 aromatic rings. The summed E-state index contributed by atoms with van der Waals surface area (Å²) in [6.45, 7) is 7.33. The van der Waals surface area contributed by atoms with Gasteiger partial charge in [0.15, 0.2) is 32.3 Å². The van der Waals surface area contributed by atoms with Gasteiger partial charge in [0.25, 0.3) is 0 Å². The molecule has 1 heterocycles. The van der Waals surface area contributed by atoms with E-state index in [0.29, 0.717) is 6.10 Å². The van der Waals surface area contributed by atoms with Crippen molar-refractivity contribution < 1.29 is 52.5 Å². The summed E-state index contributed by atoms with van der Waals surface area (Å²) in [5.41, 5.74) is -8.90. The van der Waals surface area contributed by atoms with Crippen molar-refractivity contribution in [2.45, 2.75) is 44.4 Å². The lowest BCUT2D eigenvalue weighted by Gasteiger charge is -2.22. The van der Waals surface area contributed by atoms with E-state index in [0.717, 1.165) is 10.7 Å². The van der Waals surface area contributed by atoms with Gasteiger partial charge in [-0.25, -0.2) is 16.8 Å². The highest BCUT2D eigenvalue weighted by Gasteiger charge is 2.46. The van der Waals surface area contributed by atoms with Crippen LogP contribution in [0.1, 0.15) is 17.5 Å². The van der Waals surface area contributed by atoms with E-state index >= 15 is 0 Å². The Labute approximate surface area is 156 Å². The summed E-state index contributed by atoms with van der Waals surface area (Å²) in [7, 11) is -11.7. The third-order valence-electron chi connectivity index (χ3n) is 2.93. The van der Waals surface area contributed by atoms with Crippen molar-refractivity contribution in [3.8, 4) is 0 Å². The lowest BCUT2D eigenvalue weighted by molar-refractivity contribution is -0.704. The largest absolute Gasteiger partial charge is 0.480 e. The molecule has 0 spiro atoms. The van der Waals surface area contributed by atoms with Gasteiger partial charge in [-0.05, 0) is 13.8 Å². The van der Waals surface area contributed by atoms with Crippen molar-refractivity contribution in [3.63, 3.8) is 0 Å². The highest BCUT2D eigenvalue weighted by Crippen LogP contribution is 2.36. The molecule has 1 aromatic heterocycles. The molecule has 0 amide bonds. The van der Waals surface area contributed by atoms with Gasteiger partial charge in [-0.15, -0.1) is 0 Å². The number of sulfonamides is 2. The first-order valence-electron chi connectivity index (χ1n) is 6.69. The summed E-state index contributed by atoms with van der Waals surface area (Å²) >= 11 is 1.79. The Morgan fingerprint density at radius 1 is 1.07 bits per heavy atom. The number of aryl methyl sites for hydroxylation is 1. The molecule has 0 aliphatic rings. The van der Waals surface area contributed by atoms with Crippen LogP contribution in [-0.2, 0) is 31.3 Å². The molecule has 0 saturated heterocycles. The van der Waals surface area contributed by atoms with E-state index < -0.39 is 31.1 Å². The van der Waals surface area contributed by atoms with Crippen LogP contribution < -0.4 is 4.57 Å². The molecule has 0 aliphatic carbocycles. The normalized spacial score (nSPS) is 14.4. The fourth-order valence-electron chi connectivity index (χ4n) is 1.25. The van der Waals surface area contributed by atoms with Crippen LogP contribution in [0.3, 0.4) is 0 Å². The van der Waals surface area contributed by atoms with Crippen LogP contribution in [0.2, 0.25) is 0 Å². The summed E-state index contributed by atoms with van der Waals surface area (Å²) in [6.07, 6.45) is 0.294. The quantitative estimate of drug-likeness (QED) is 0.491. The molecular formula is C11H16F6N2O5S3. The summed E-state index contributed by atoms with van der Waals surface area (Å²) in [5.74, 6) is 0. The smallest absolute Gasteiger partial charge is 0.421 e. The molecule has 0 fully saturated rings. The summed E-state index contributed by atoms with van der Waals surface area (Å²) in [6, 6.07) is 0. The maximum Gasteiger partial charge on any atom is 0.480 e. The minimum Gasteiger partial charge on any atom is -0.421 e. The van der Waals surface area contributed by atoms with Gasteiger partial charge in [-0.3, -0.25) is 0 Å². The molecule has 1 atom stereocenters. The molecule has 27 heavy (non-hydrogen) atoms. The van der Waals surface area contributed by atoms with Gasteiger partial charge in [-0.1, -0.05) is 11.3 Å². The first-order valence-corrected chi connectivity index (χ1v) is 10.5. The van der Waals surface area contributed by atoms with Crippen LogP contribution in [0.5, 0.6) is 0 Å². The van der Waals surface area contributed by atoms with Gasteiger partial charge in [0.2, 0.25) is 5.51 Å². The Morgan fingerprint density at radius 3 is 1.74 bits per heavy atom. The Morgan fingerprint density at radius 2 is 1.48 bits per heavy atom. The van der Waals surface area contributed by atoms with Crippen LogP contribution in [0, 0.1) is 13.8 Å². The fourth-order valence-corrected chi connectivity index (χ4v) is 3.78. The zero-order chi connectivity index (χ0) is 21.8. The highest BCUT2D eigenvalue weighted by atomic mass is 32.3. The maximum absolute atomic E-state index is 11.4. The first kappa shape index (κ1) is 26.0. The zero-order valence-corrected chi connectivity index (χ0v) is 16.7. The Balaban J connectivity index is 0.000000511. The van der Waals surface area contributed by atoms with E-state index in [-0.39, 0.29) is 0 Å². The zero-order valence-electron chi connectivity index (χ0n) is 14.3. The number of aromatic nitrogens is 1. The molecule has 0 saturated carbocycles. The average molecular weight is 466 g/mol. The maximum atomic E-state index is 11.4. The molecule has 0 aromatic carbocycles. The predicted octanol–water partition coefficient (Wildman–Crippen LogP) is 2.75. The molecule has 16 heteroatoms. The molecule has 0 radical (unpaired) electrons. The molecule has 0 bridgehead atoms. The van der Waals surface area contributed by atoms with E-state index in [4.69, 9.17) is 4.74 Å². The Hall–Kier alpha value is -0.970. The van der Waals surface area contributed by atoms with Gasteiger partial charge in [-0.2, -0.15) is 30.9 Å². The number of hydrogen-bond acceptors (Lipinski definition) is 6. The third-order valence-corrected chi connectivity index (χ3v) is 6.68. The van der Waals surface area contributed by atoms with Crippen molar-refractivity contribution in [3.05, 3.63) is 20.2 Å². The van der Waals surface area contributed by atoms with E-state index in [1.807, 2.05) is 0 Å². The Bertz CT molecular complexity index is 788. The van der Waals surface area contributed by atoms with Crippen LogP contribution in [0.15, 0.2) is 5.51 Å². The molecular weight excluding hydrogens is 450 g/mol. The van der Waals surface area contributed by atoms with Crippen molar-refractivity contribution >= 4 is 31.4 Å². The van der Waals surface area contributed by atoms with Crippen LogP contribution >= 0.6 is 11.3 Å². The second kappa shape index (κ2) is 9.02. The number of rotatable bonds is 5. The van der Waals surface area contributed by atoms with Crippen molar-refractivity contribution in [1.29, 1.82) is 0 Å². The number of hydrogen-bond donors (Lipinski definition) is 0. The summed E-state index contributed by atoms with van der Waals surface area (Å²) < 4.78 is 117. The number of methoxy groups -OCH3 is 1. The van der Waals surface area contributed by atoms with Gasteiger partial charge in [0.1, 0.15) is 6.10 Å². The molecule has 0 aliphatic heterocycles. The van der Waals surface area contributed by atoms with Crippen molar-refractivity contribution in [2.75, 3.05) is 7.11 Å². The Kier molecular flexibility index (Phi) is 8.70. The van der Waals surface area contributed by atoms with Crippen LogP contribution in [-0.4, -0.2) is 41.1 Å². The van der Waals surface area contributed by atoms with Crippen LogP contribution in [0.4, 0.5) is 26.3 Å². The van der Waals surface area contributed by atoms with Gasteiger partial charge in [0, 0.05) is 14.0 Å². The van der Waals surface area contributed by atoms with Gasteiger partial charge >= 0.3 is 11.0 Å². The predicted molar refractivity (Wildman–Crippen MR) is 83.8 cm³/mol. The van der Waals surface area contributed by atoms with E-state index in [1.54, 1.807) is 18.4 Å². The minimum absolute atomic E-state index is 0.294. The average Bonchev–Trinajstić information content (AvgIpc) is 2.76. The number of alkyl halides is 6. The highest BCUT2D eigenvalue weighted by molar-refractivity contribution is 8.13. The fraction of sp³-hybridized carbons (Fsp3) is 0.727. The molecule has 1 unspecified atom stereocenters. The number of nitrogens with zero attached hydrogens (tertiary/aromatic N) is 2. The minimum atomic E-state index is -6.72. The van der Waals surface area contributed by atoms with E-state index in [9.17, 15) is 43.2 Å². The monoisotopic (exact) mass is 466 g/mol. The topological polar surface area (TPSA) is 95.5 Å². The molecule has 7 nitrogen and oxygen atoms in total. The van der Waals surface area contributed by atoms with E-state index in [1.165, 1.54) is 10.6 Å². The summed E-state index contributed by atoms with van der Waals surface area (Å²) in [5, 5.41) is 0. The van der Waals surface area contributed by atoms with Gasteiger partial charge < -0.3 is 8.86 Å².